The highest BCUT2D eigenvalue weighted by Crippen LogP contribution is 2.49. The molecule has 8 aromatic rings. The number of carbonyl (C=O) groups excluding carboxylic acids is 7. The lowest BCUT2D eigenvalue weighted by Gasteiger charge is -2.26. The molecule has 0 unspecified atom stereocenters. The van der Waals surface area contributed by atoms with Crippen LogP contribution in [0, 0.1) is 29.6 Å². The van der Waals surface area contributed by atoms with Crippen LogP contribution in [-0.2, 0) is 33.3 Å². The molecule has 0 radical (unpaired) electrons. The highest BCUT2D eigenvalue weighted by atomic mass is 16.6. The lowest BCUT2D eigenvalue weighted by Crippen LogP contribution is -2.38. The molecule has 19 nitrogen and oxygen atoms in total. The van der Waals surface area contributed by atoms with E-state index in [1.165, 1.54) is 89.0 Å². The third kappa shape index (κ3) is 20.5. The summed E-state index contributed by atoms with van der Waals surface area (Å²) in [7, 11) is 0. The number of fused-ring (bicyclic) bond motifs is 12. The summed E-state index contributed by atoms with van der Waals surface area (Å²) >= 11 is 0. The molecule has 0 bridgehead atoms. The monoisotopic (exact) mass is 1630 g/mol. The predicted octanol–water partition coefficient (Wildman–Crippen LogP) is 20.3. The van der Waals surface area contributed by atoms with E-state index in [0.717, 1.165) is 64.8 Å². The third-order valence-corrected chi connectivity index (χ3v) is 25.2. The highest BCUT2D eigenvalue weighted by molar-refractivity contribution is 5.84. The van der Waals surface area contributed by atoms with Crippen molar-refractivity contribution in [3.05, 3.63) is 239 Å². The summed E-state index contributed by atoms with van der Waals surface area (Å²) in [5, 5.41) is 5.45. The Morgan fingerprint density at radius 1 is 0.292 bits per heavy atom. The van der Waals surface area contributed by atoms with Gasteiger partial charge in [0.15, 0.2) is 0 Å². The van der Waals surface area contributed by atoms with Crippen LogP contribution in [0.15, 0.2) is 194 Å². The van der Waals surface area contributed by atoms with Crippen LogP contribution in [-0.4, -0.2) is 175 Å². The Kier molecular flexibility index (Phi) is 28.3. The Bertz CT molecular complexity index is 4480. The van der Waals surface area contributed by atoms with Gasteiger partial charge in [-0.05, 0) is 206 Å². The minimum absolute atomic E-state index is 0.0433. The zero-order valence-corrected chi connectivity index (χ0v) is 72.4. The van der Waals surface area contributed by atoms with Gasteiger partial charge in [0.2, 0.25) is 11.8 Å². The summed E-state index contributed by atoms with van der Waals surface area (Å²) in [5.74, 6) is 3.35. The molecule has 8 aromatic carbocycles. The van der Waals surface area contributed by atoms with E-state index in [2.05, 4.69) is 225 Å². The van der Waals surface area contributed by atoms with E-state index in [0.29, 0.717) is 74.8 Å². The molecule has 7 amide bonds. The van der Waals surface area contributed by atoms with Crippen molar-refractivity contribution in [2.45, 2.75) is 194 Å². The van der Waals surface area contributed by atoms with Crippen LogP contribution in [0.25, 0.3) is 44.5 Å². The number of ether oxygens (including phenoxy) is 5. The molecule has 120 heavy (non-hydrogen) atoms. The van der Waals surface area contributed by atoms with Crippen LogP contribution >= 0.6 is 0 Å². The number of rotatable bonds is 14. The van der Waals surface area contributed by atoms with Gasteiger partial charge in [-0.1, -0.05) is 229 Å². The maximum atomic E-state index is 12.5. The first-order valence-electron chi connectivity index (χ1n) is 43.7. The van der Waals surface area contributed by atoms with E-state index >= 15 is 0 Å². The molecule has 0 saturated carbocycles. The van der Waals surface area contributed by atoms with Gasteiger partial charge in [0, 0.05) is 113 Å². The van der Waals surface area contributed by atoms with Gasteiger partial charge in [-0.15, -0.1) is 0 Å². The zero-order chi connectivity index (χ0) is 85.1. The van der Waals surface area contributed by atoms with E-state index in [1.54, 1.807) is 0 Å². The quantitative estimate of drug-likeness (QED) is 0.0976. The van der Waals surface area contributed by atoms with E-state index in [1.807, 2.05) is 93.8 Å². The van der Waals surface area contributed by atoms with Gasteiger partial charge in [-0.3, -0.25) is 9.59 Å². The average molecular weight is 1630 g/mol. The molecular weight excluding hydrogens is 1500 g/mol. The molecule has 19 heteroatoms. The summed E-state index contributed by atoms with van der Waals surface area (Å²) in [5.41, 5.74) is 19.3. The van der Waals surface area contributed by atoms with E-state index < -0.39 is 12.2 Å². The van der Waals surface area contributed by atoms with Gasteiger partial charge < -0.3 is 58.8 Å². The van der Waals surface area contributed by atoms with Gasteiger partial charge in [0.05, 0.1) is 0 Å². The van der Waals surface area contributed by atoms with Gasteiger partial charge in [0.1, 0.15) is 32.0 Å². The Morgan fingerprint density at radius 3 is 0.700 bits per heavy atom. The van der Waals surface area contributed by atoms with Crippen molar-refractivity contribution in [2.24, 2.45) is 29.6 Å². The van der Waals surface area contributed by atoms with Gasteiger partial charge in [0.25, 0.3) is 0 Å². The van der Waals surface area contributed by atoms with Crippen molar-refractivity contribution >= 4 is 42.3 Å². The number of nitrogens with zero attached hydrogens (tertiary/aromatic N) is 5. The molecule has 5 heterocycles. The van der Waals surface area contributed by atoms with Crippen LogP contribution in [0.5, 0.6) is 0 Å². The van der Waals surface area contributed by atoms with Crippen LogP contribution in [0.4, 0.5) is 24.0 Å². The lowest BCUT2D eigenvalue weighted by molar-refractivity contribution is -0.132. The topological polar surface area (TPSA) is 206 Å². The first-order chi connectivity index (χ1) is 57.7. The van der Waals surface area contributed by atoms with Crippen molar-refractivity contribution in [1.82, 2.24) is 35.1 Å². The first kappa shape index (κ1) is 86.9. The molecule has 17 rings (SSSR count). The van der Waals surface area contributed by atoms with Gasteiger partial charge in [-0.2, -0.15) is 0 Å². The minimum atomic E-state index is -0.470. The Labute approximate surface area is 710 Å². The second-order valence-electron chi connectivity index (χ2n) is 36.1. The molecule has 634 valence electrons. The first-order valence-corrected chi connectivity index (χ1v) is 43.7. The van der Waals surface area contributed by atoms with Gasteiger partial charge in [-0.25, -0.2) is 24.0 Å². The molecule has 5 fully saturated rings. The number of alkyl carbamates (subject to hydrolysis) is 2. The maximum absolute atomic E-state index is 12.5. The number of carbonyl (C=O) groups is 7. The second-order valence-corrected chi connectivity index (χ2v) is 36.1. The number of nitrogens with one attached hydrogen (secondary N) is 2. The van der Waals surface area contributed by atoms with Crippen molar-refractivity contribution < 1.29 is 57.2 Å². The number of hydrogen-bond acceptors (Lipinski definition) is 12. The number of amides is 7. The standard InChI is InChI=1S/2C24H28N2O3.2C21H23NO2.C11H21NO2/c2*1-16-13-17(2)26(14-16)23(27)11-12-25-24(28)29-15-22-20-9-5-3-7-18(20)19-8-4-6-10-21(19)22;2*1-14-11-15(2)22(12-14)21(23)24-13-20-18-9-5-3-7-16(18)17-8-4-6-10-19(17)20;1-8-6-9(2)12(7-8)10(13)14-11(3,4)5/h2*3-10,16-17,22H,11-15H2,1-2H3,(H,25,28);2*3-10,14-15,20H,11-13H2,1-2H3;8-9H,6-7H2,1-5H3/t2*16-,17+;2*14-,15+;8-,9+/m11111/s1. The molecule has 2 N–H and O–H groups in total. The summed E-state index contributed by atoms with van der Waals surface area (Å²) < 4.78 is 27.8. The number of benzene rings is 8. The maximum Gasteiger partial charge on any atom is 0.410 e. The Balaban J connectivity index is 0.000000132. The molecule has 5 aliphatic heterocycles. The van der Waals surface area contributed by atoms with Crippen LogP contribution < -0.4 is 10.6 Å². The second kappa shape index (κ2) is 39.1. The van der Waals surface area contributed by atoms with Gasteiger partial charge >= 0.3 is 30.5 Å². The molecule has 0 spiro atoms. The fourth-order valence-corrected chi connectivity index (χ4v) is 19.8. The summed E-state index contributed by atoms with van der Waals surface area (Å²) in [6.45, 7) is 33.1. The predicted molar refractivity (Wildman–Crippen MR) is 472 cm³/mol. The van der Waals surface area contributed by atoms with Crippen LogP contribution in [0.1, 0.15) is 203 Å². The Hall–Kier alpha value is -11.0. The average Bonchev–Trinajstić information content (AvgIpc) is 1.63. The molecule has 9 aliphatic rings. The highest BCUT2D eigenvalue weighted by Gasteiger charge is 2.39. The fraction of sp³-hybridized carbons (Fsp3) is 0.455. The van der Waals surface area contributed by atoms with Crippen LogP contribution in [0.2, 0.25) is 0 Å². The molecule has 5 saturated heterocycles. The number of hydrogen-bond donors (Lipinski definition) is 2. The molecule has 10 atom stereocenters. The van der Waals surface area contributed by atoms with Crippen molar-refractivity contribution in [1.29, 1.82) is 0 Å². The molecule has 4 aliphatic carbocycles. The Morgan fingerprint density at radius 2 is 0.492 bits per heavy atom. The van der Waals surface area contributed by atoms with E-state index in [9.17, 15) is 33.6 Å². The van der Waals surface area contributed by atoms with Crippen molar-refractivity contribution in [2.75, 3.05) is 72.2 Å². The normalized spacial score (nSPS) is 22.0. The summed E-state index contributed by atoms with van der Waals surface area (Å²) in [6, 6.07) is 68.2. The largest absolute Gasteiger partial charge is 0.449 e. The SMILES string of the molecule is C[C@@H]1C[C@H](C)N(C(=O)CCNC(=O)OCC2c3ccccc3-c3ccccc32)C1.C[C@@H]1C[C@H](C)N(C(=O)CCNC(=O)OCC2c3ccccc3-c3ccccc32)C1.C[C@@H]1C[C@H](C)N(C(=O)OC(C)(C)C)C1.C[C@@H]1C[C@H](C)N(C(=O)OCC2c3ccccc3-c3ccccc32)C1.C[C@@H]1C[C@H](C)N(C(=O)OCC2c3ccccc3-c3ccccc32)C1. The van der Waals surface area contributed by atoms with Crippen LogP contribution in [0.3, 0.4) is 0 Å². The zero-order valence-electron chi connectivity index (χ0n) is 72.4. The minimum Gasteiger partial charge on any atom is -0.449 e. The van der Waals surface area contributed by atoms with Crippen molar-refractivity contribution in [3.8, 4) is 44.5 Å². The van der Waals surface area contributed by atoms with E-state index in [-0.39, 0.29) is 96.7 Å². The number of likely N-dealkylation sites (tertiary alicyclic amines) is 5. The van der Waals surface area contributed by atoms with Crippen molar-refractivity contribution in [3.63, 3.8) is 0 Å². The molecular formula is C101H123N7O12. The van der Waals surface area contributed by atoms with E-state index in [4.69, 9.17) is 23.7 Å². The molecule has 0 aromatic heterocycles. The fourth-order valence-electron chi connectivity index (χ4n) is 19.8. The summed E-state index contributed by atoms with van der Waals surface area (Å²) in [6.07, 6.45) is 4.45. The lowest BCUT2D eigenvalue weighted by atomic mass is 9.98. The summed E-state index contributed by atoms with van der Waals surface area (Å²) in [4.78, 5) is 95.2. The third-order valence-electron chi connectivity index (χ3n) is 25.2. The smallest absolute Gasteiger partial charge is 0.410 e.